The topological polar surface area (TPSA) is 42.1 Å². The molecule has 0 amide bonds. The summed E-state index contributed by atoms with van der Waals surface area (Å²) in [6.45, 7) is 6.76. The number of pyridine rings is 1. The summed E-state index contributed by atoms with van der Waals surface area (Å²) in [4.78, 5) is 6.98. The normalized spacial score (nSPS) is 10.8. The van der Waals surface area contributed by atoms with Gasteiger partial charge in [-0.1, -0.05) is 18.2 Å². The van der Waals surface area contributed by atoms with Crippen molar-refractivity contribution < 1.29 is 0 Å². The standard InChI is InChI=1S/C14H19N3/c1-3-17(4-2)13-9-8-11-6-5-7-12(10-15)14(11)16-13/h5-9H,3-4,10,15H2,1-2H3. The summed E-state index contributed by atoms with van der Waals surface area (Å²) in [5, 5.41) is 1.16. The summed E-state index contributed by atoms with van der Waals surface area (Å²) in [6, 6.07) is 10.4. The number of rotatable bonds is 4. The lowest BCUT2D eigenvalue weighted by Crippen LogP contribution is -2.22. The molecule has 1 aromatic heterocycles. The molecule has 0 bridgehead atoms. The zero-order chi connectivity index (χ0) is 12.3. The third-order valence-corrected chi connectivity index (χ3v) is 3.10. The number of hydrogen-bond acceptors (Lipinski definition) is 3. The third-order valence-electron chi connectivity index (χ3n) is 3.10. The smallest absolute Gasteiger partial charge is 0.129 e. The van der Waals surface area contributed by atoms with Crippen molar-refractivity contribution >= 4 is 16.7 Å². The van der Waals surface area contributed by atoms with E-state index in [1.54, 1.807) is 0 Å². The molecule has 2 N–H and O–H groups in total. The van der Waals surface area contributed by atoms with Gasteiger partial charge < -0.3 is 10.6 Å². The van der Waals surface area contributed by atoms with Gasteiger partial charge in [0.05, 0.1) is 5.52 Å². The summed E-state index contributed by atoms with van der Waals surface area (Å²) >= 11 is 0. The average Bonchev–Trinajstić information content (AvgIpc) is 2.39. The Morgan fingerprint density at radius 2 is 1.88 bits per heavy atom. The molecule has 3 heteroatoms. The summed E-state index contributed by atoms with van der Waals surface area (Å²) in [7, 11) is 0. The van der Waals surface area contributed by atoms with E-state index in [4.69, 9.17) is 10.7 Å². The lowest BCUT2D eigenvalue weighted by molar-refractivity contribution is 0.849. The highest BCUT2D eigenvalue weighted by molar-refractivity contribution is 5.83. The van der Waals surface area contributed by atoms with Crippen LogP contribution in [0, 0.1) is 0 Å². The molecule has 0 atom stereocenters. The molecule has 0 saturated heterocycles. The van der Waals surface area contributed by atoms with Crippen LogP contribution in [-0.4, -0.2) is 18.1 Å². The van der Waals surface area contributed by atoms with Crippen LogP contribution in [0.5, 0.6) is 0 Å². The largest absolute Gasteiger partial charge is 0.357 e. The van der Waals surface area contributed by atoms with Gasteiger partial charge in [0.25, 0.3) is 0 Å². The Morgan fingerprint density at radius 1 is 1.12 bits per heavy atom. The number of fused-ring (bicyclic) bond motifs is 1. The summed E-state index contributed by atoms with van der Waals surface area (Å²) < 4.78 is 0. The fourth-order valence-corrected chi connectivity index (χ4v) is 2.09. The van der Waals surface area contributed by atoms with Crippen molar-refractivity contribution in [3.05, 3.63) is 35.9 Å². The summed E-state index contributed by atoms with van der Waals surface area (Å²) in [5.74, 6) is 1.03. The number of para-hydroxylation sites is 1. The Balaban J connectivity index is 2.55. The molecule has 1 aromatic carbocycles. The SMILES string of the molecule is CCN(CC)c1ccc2cccc(CN)c2n1. The first kappa shape index (κ1) is 11.9. The van der Waals surface area contributed by atoms with Crippen molar-refractivity contribution in [1.82, 2.24) is 4.98 Å². The van der Waals surface area contributed by atoms with Crippen LogP contribution in [0.15, 0.2) is 30.3 Å². The van der Waals surface area contributed by atoms with E-state index in [1.807, 2.05) is 12.1 Å². The fourth-order valence-electron chi connectivity index (χ4n) is 2.09. The van der Waals surface area contributed by atoms with Crippen LogP contribution in [0.25, 0.3) is 10.9 Å². The van der Waals surface area contributed by atoms with E-state index in [0.29, 0.717) is 6.54 Å². The van der Waals surface area contributed by atoms with Crippen molar-refractivity contribution in [2.24, 2.45) is 5.73 Å². The zero-order valence-corrected chi connectivity index (χ0v) is 10.5. The molecule has 0 fully saturated rings. The van der Waals surface area contributed by atoms with E-state index < -0.39 is 0 Å². The minimum atomic E-state index is 0.534. The van der Waals surface area contributed by atoms with Gasteiger partial charge >= 0.3 is 0 Å². The van der Waals surface area contributed by atoms with E-state index >= 15 is 0 Å². The van der Waals surface area contributed by atoms with Crippen LogP contribution in [0.4, 0.5) is 5.82 Å². The van der Waals surface area contributed by atoms with Gasteiger partial charge in [-0.3, -0.25) is 0 Å². The van der Waals surface area contributed by atoms with Gasteiger partial charge in [0, 0.05) is 25.0 Å². The highest BCUT2D eigenvalue weighted by Gasteiger charge is 2.06. The molecule has 0 radical (unpaired) electrons. The average molecular weight is 229 g/mol. The van der Waals surface area contributed by atoms with Crippen LogP contribution >= 0.6 is 0 Å². The third kappa shape index (κ3) is 2.24. The molecule has 0 saturated carbocycles. The van der Waals surface area contributed by atoms with Crippen LogP contribution in [0.1, 0.15) is 19.4 Å². The second kappa shape index (κ2) is 5.15. The minimum Gasteiger partial charge on any atom is -0.357 e. The Hall–Kier alpha value is -1.61. The zero-order valence-electron chi connectivity index (χ0n) is 10.5. The second-order valence-electron chi connectivity index (χ2n) is 4.03. The predicted octanol–water partition coefficient (Wildman–Crippen LogP) is 2.54. The van der Waals surface area contributed by atoms with Gasteiger partial charge in [-0.05, 0) is 31.5 Å². The fraction of sp³-hybridized carbons (Fsp3) is 0.357. The molecule has 0 aliphatic heterocycles. The lowest BCUT2D eigenvalue weighted by atomic mass is 10.1. The number of aromatic nitrogens is 1. The predicted molar refractivity (Wildman–Crippen MR) is 73.2 cm³/mol. The van der Waals surface area contributed by atoms with Crippen LogP contribution in [0.2, 0.25) is 0 Å². The number of nitrogens with zero attached hydrogens (tertiary/aromatic N) is 2. The van der Waals surface area contributed by atoms with Crippen LogP contribution in [-0.2, 0) is 6.54 Å². The maximum atomic E-state index is 5.75. The first-order valence-electron chi connectivity index (χ1n) is 6.13. The van der Waals surface area contributed by atoms with Gasteiger partial charge in [0.1, 0.15) is 5.82 Å². The Morgan fingerprint density at radius 3 is 2.53 bits per heavy atom. The van der Waals surface area contributed by atoms with E-state index in [0.717, 1.165) is 35.4 Å². The number of benzene rings is 1. The first-order chi connectivity index (χ1) is 8.30. The van der Waals surface area contributed by atoms with Crippen molar-refractivity contribution in [1.29, 1.82) is 0 Å². The summed E-state index contributed by atoms with van der Waals surface area (Å²) in [5.41, 5.74) is 7.89. The second-order valence-corrected chi connectivity index (χ2v) is 4.03. The Bertz CT molecular complexity index is 504. The molecule has 0 aliphatic carbocycles. The van der Waals surface area contributed by atoms with Crippen molar-refractivity contribution in [3.63, 3.8) is 0 Å². The van der Waals surface area contributed by atoms with E-state index in [-0.39, 0.29) is 0 Å². The molecule has 90 valence electrons. The maximum absolute atomic E-state index is 5.75. The van der Waals surface area contributed by atoms with Crippen LogP contribution in [0.3, 0.4) is 0 Å². The highest BCUT2D eigenvalue weighted by Crippen LogP contribution is 2.20. The molecule has 1 heterocycles. The molecule has 0 spiro atoms. The number of hydrogen-bond donors (Lipinski definition) is 1. The van der Waals surface area contributed by atoms with E-state index in [2.05, 4.69) is 36.9 Å². The molecule has 0 aliphatic rings. The molecule has 2 aromatic rings. The Labute approximate surface area is 102 Å². The van der Waals surface area contributed by atoms with Crippen molar-refractivity contribution in [3.8, 4) is 0 Å². The van der Waals surface area contributed by atoms with Gasteiger partial charge in [-0.25, -0.2) is 4.98 Å². The highest BCUT2D eigenvalue weighted by atomic mass is 15.2. The molecule has 0 unspecified atom stereocenters. The van der Waals surface area contributed by atoms with Crippen molar-refractivity contribution in [2.45, 2.75) is 20.4 Å². The van der Waals surface area contributed by atoms with E-state index in [9.17, 15) is 0 Å². The van der Waals surface area contributed by atoms with Crippen LogP contribution < -0.4 is 10.6 Å². The lowest BCUT2D eigenvalue weighted by Gasteiger charge is -2.20. The van der Waals surface area contributed by atoms with Gasteiger partial charge in [0.15, 0.2) is 0 Å². The van der Waals surface area contributed by atoms with E-state index in [1.165, 1.54) is 0 Å². The molecule has 2 rings (SSSR count). The number of anilines is 1. The van der Waals surface area contributed by atoms with Gasteiger partial charge in [-0.2, -0.15) is 0 Å². The quantitative estimate of drug-likeness (QED) is 0.876. The monoisotopic (exact) mass is 229 g/mol. The van der Waals surface area contributed by atoms with Crippen molar-refractivity contribution in [2.75, 3.05) is 18.0 Å². The summed E-state index contributed by atoms with van der Waals surface area (Å²) in [6.07, 6.45) is 0. The Kier molecular flexibility index (Phi) is 3.59. The molecule has 17 heavy (non-hydrogen) atoms. The first-order valence-corrected chi connectivity index (χ1v) is 6.13. The molecular weight excluding hydrogens is 210 g/mol. The minimum absolute atomic E-state index is 0.534. The molecule has 3 nitrogen and oxygen atoms in total. The van der Waals surface area contributed by atoms with Gasteiger partial charge in [0.2, 0.25) is 0 Å². The molecular formula is C14H19N3. The maximum Gasteiger partial charge on any atom is 0.129 e. The van der Waals surface area contributed by atoms with Gasteiger partial charge in [-0.15, -0.1) is 0 Å². The number of nitrogens with two attached hydrogens (primary N) is 1.